The van der Waals surface area contributed by atoms with Crippen LogP contribution in [0, 0.1) is 0 Å². The molecule has 2 heterocycles. The van der Waals surface area contributed by atoms with E-state index in [0.29, 0.717) is 24.3 Å². The Morgan fingerprint density at radius 3 is 2.73 bits per heavy atom. The lowest BCUT2D eigenvalue weighted by Gasteiger charge is -2.32. The minimum absolute atomic E-state index is 0.241. The summed E-state index contributed by atoms with van der Waals surface area (Å²) >= 11 is 0. The molecule has 1 unspecified atom stereocenters. The number of hydrogen-bond donors (Lipinski definition) is 2. The Morgan fingerprint density at radius 1 is 1.20 bits per heavy atom. The van der Waals surface area contributed by atoms with Gasteiger partial charge in [-0.3, -0.25) is 0 Å². The van der Waals surface area contributed by atoms with Crippen LogP contribution in [-0.2, 0) is 4.74 Å². The molecule has 2 aromatic rings. The number of rotatable bonds is 9. The van der Waals surface area contributed by atoms with Gasteiger partial charge in [-0.1, -0.05) is 12.1 Å². The third-order valence-electron chi connectivity index (χ3n) is 5.80. The number of nitrogens with one attached hydrogen (secondary N) is 1. The average molecular weight is 413 g/mol. The first-order chi connectivity index (χ1) is 14.6. The summed E-state index contributed by atoms with van der Waals surface area (Å²) in [5.74, 6) is 2.96. The van der Waals surface area contributed by atoms with Crippen LogP contribution in [0.15, 0.2) is 30.3 Å². The average Bonchev–Trinajstić information content (AvgIpc) is 3.63. The molecule has 1 aliphatic heterocycles. The quantitative estimate of drug-likeness (QED) is 0.655. The van der Waals surface area contributed by atoms with E-state index in [1.165, 1.54) is 12.8 Å². The molecular weight excluding hydrogens is 380 g/mol. The summed E-state index contributed by atoms with van der Waals surface area (Å²) in [5, 5.41) is 12.8. The van der Waals surface area contributed by atoms with E-state index in [9.17, 15) is 5.11 Å². The first-order valence-corrected chi connectivity index (χ1v) is 10.9. The second-order valence-electron chi connectivity index (χ2n) is 8.25. The van der Waals surface area contributed by atoms with Gasteiger partial charge in [0.1, 0.15) is 24.3 Å². The maximum Gasteiger partial charge on any atom is 0.161 e. The third kappa shape index (κ3) is 5.28. The molecule has 4 rings (SSSR count). The lowest BCUT2D eigenvalue weighted by molar-refractivity contribution is 0.0853. The van der Waals surface area contributed by atoms with Gasteiger partial charge in [-0.2, -0.15) is 0 Å². The van der Waals surface area contributed by atoms with Gasteiger partial charge < -0.3 is 24.8 Å². The smallest absolute Gasteiger partial charge is 0.161 e. The number of hydrogen-bond acceptors (Lipinski definition) is 7. The SMILES string of the molecule is CNCC(O)COc1cccc(-c2nc(C3CC3)cc(N(C)C3CCOCC3)n2)c1. The van der Waals surface area contributed by atoms with Gasteiger partial charge in [0.2, 0.25) is 0 Å². The molecule has 1 aromatic heterocycles. The molecule has 1 saturated heterocycles. The third-order valence-corrected chi connectivity index (χ3v) is 5.80. The van der Waals surface area contributed by atoms with E-state index >= 15 is 0 Å². The molecule has 0 amide bonds. The number of anilines is 1. The van der Waals surface area contributed by atoms with Gasteiger partial charge in [-0.05, 0) is 44.9 Å². The maximum atomic E-state index is 9.90. The van der Waals surface area contributed by atoms with E-state index < -0.39 is 6.10 Å². The summed E-state index contributed by atoms with van der Waals surface area (Å²) in [7, 11) is 3.93. The zero-order valence-corrected chi connectivity index (χ0v) is 17.9. The van der Waals surface area contributed by atoms with Crippen LogP contribution in [0.4, 0.5) is 5.82 Å². The van der Waals surface area contributed by atoms with Crippen LogP contribution in [0.25, 0.3) is 11.4 Å². The molecular formula is C23H32N4O3. The fourth-order valence-corrected chi connectivity index (χ4v) is 3.82. The molecule has 1 atom stereocenters. The highest BCUT2D eigenvalue weighted by atomic mass is 16.5. The number of likely N-dealkylation sites (N-methyl/N-ethyl adjacent to an activating group) is 1. The lowest BCUT2D eigenvalue weighted by Crippen LogP contribution is -2.37. The first kappa shape index (κ1) is 21.0. The number of benzene rings is 1. The van der Waals surface area contributed by atoms with Gasteiger partial charge in [0.05, 0.1) is 0 Å². The summed E-state index contributed by atoms with van der Waals surface area (Å²) in [4.78, 5) is 12.1. The van der Waals surface area contributed by atoms with E-state index in [1.807, 2.05) is 31.3 Å². The molecule has 7 heteroatoms. The molecule has 1 aliphatic carbocycles. The Bertz CT molecular complexity index is 837. The van der Waals surface area contributed by atoms with Gasteiger partial charge in [-0.25, -0.2) is 9.97 Å². The second kappa shape index (κ2) is 9.73. The van der Waals surface area contributed by atoms with Crippen molar-refractivity contribution in [1.29, 1.82) is 0 Å². The Kier molecular flexibility index (Phi) is 6.82. The summed E-state index contributed by atoms with van der Waals surface area (Å²) in [5.41, 5.74) is 2.06. The van der Waals surface area contributed by atoms with Crippen LogP contribution >= 0.6 is 0 Å². The van der Waals surface area contributed by atoms with Crippen molar-refractivity contribution in [2.45, 2.75) is 43.7 Å². The highest BCUT2D eigenvalue weighted by Gasteiger charge is 2.28. The normalized spacial score (nSPS) is 18.2. The monoisotopic (exact) mass is 412 g/mol. The molecule has 0 spiro atoms. The lowest BCUT2D eigenvalue weighted by atomic mass is 10.1. The van der Waals surface area contributed by atoms with Crippen LogP contribution in [0.1, 0.15) is 37.3 Å². The number of aliphatic hydroxyl groups is 1. The molecule has 2 N–H and O–H groups in total. The predicted molar refractivity (Wildman–Crippen MR) is 117 cm³/mol. The summed E-state index contributed by atoms with van der Waals surface area (Å²) < 4.78 is 11.3. The zero-order chi connectivity index (χ0) is 20.9. The van der Waals surface area contributed by atoms with Crippen molar-refractivity contribution in [2.24, 2.45) is 0 Å². The minimum Gasteiger partial charge on any atom is -0.491 e. The molecule has 2 fully saturated rings. The summed E-state index contributed by atoms with van der Waals surface area (Å²) in [6, 6.07) is 10.4. The first-order valence-electron chi connectivity index (χ1n) is 10.9. The van der Waals surface area contributed by atoms with Gasteiger partial charge >= 0.3 is 0 Å². The topological polar surface area (TPSA) is 79.7 Å². The van der Waals surface area contributed by atoms with Crippen LogP contribution in [0.5, 0.6) is 5.75 Å². The van der Waals surface area contributed by atoms with Gasteiger partial charge in [-0.15, -0.1) is 0 Å². The standard InChI is InChI=1S/C23H32N4O3/c1-24-14-19(28)15-30-20-5-3-4-17(12-20)23-25-21(16-6-7-16)13-22(26-23)27(2)18-8-10-29-11-9-18/h3-5,12-13,16,18-19,24,28H,6-11,14-15H2,1-2H3. The van der Waals surface area contributed by atoms with Crippen LogP contribution in [0.2, 0.25) is 0 Å². The molecule has 30 heavy (non-hydrogen) atoms. The second-order valence-corrected chi connectivity index (χ2v) is 8.25. The van der Waals surface area contributed by atoms with E-state index in [0.717, 1.165) is 49.0 Å². The molecule has 162 valence electrons. The van der Waals surface area contributed by atoms with Gasteiger partial charge in [0, 0.05) is 56.1 Å². The van der Waals surface area contributed by atoms with Crippen molar-refractivity contribution in [1.82, 2.24) is 15.3 Å². The molecule has 1 saturated carbocycles. The van der Waals surface area contributed by atoms with Crippen LogP contribution in [0.3, 0.4) is 0 Å². The zero-order valence-electron chi connectivity index (χ0n) is 17.9. The highest BCUT2D eigenvalue weighted by Crippen LogP contribution is 2.41. The van der Waals surface area contributed by atoms with Crippen molar-refractivity contribution >= 4 is 5.82 Å². The fourth-order valence-electron chi connectivity index (χ4n) is 3.82. The van der Waals surface area contributed by atoms with Gasteiger partial charge in [0.15, 0.2) is 5.82 Å². The Balaban J connectivity index is 1.57. The van der Waals surface area contributed by atoms with Gasteiger partial charge in [0.25, 0.3) is 0 Å². The Labute approximate surface area is 178 Å². The van der Waals surface area contributed by atoms with Crippen LogP contribution < -0.4 is 15.0 Å². The molecule has 2 aliphatic rings. The molecule has 0 radical (unpaired) electrons. The summed E-state index contributed by atoms with van der Waals surface area (Å²) in [6.45, 7) is 2.35. The molecule has 0 bridgehead atoms. The largest absolute Gasteiger partial charge is 0.491 e. The van der Waals surface area contributed by atoms with E-state index in [1.54, 1.807) is 0 Å². The van der Waals surface area contributed by atoms with E-state index in [2.05, 4.69) is 23.3 Å². The van der Waals surface area contributed by atoms with Crippen molar-refractivity contribution in [3.63, 3.8) is 0 Å². The maximum absolute atomic E-state index is 9.90. The van der Waals surface area contributed by atoms with E-state index in [4.69, 9.17) is 19.4 Å². The summed E-state index contributed by atoms with van der Waals surface area (Å²) in [6.07, 6.45) is 3.89. The molecule has 1 aromatic carbocycles. The number of aliphatic hydroxyl groups excluding tert-OH is 1. The number of nitrogens with zero attached hydrogens (tertiary/aromatic N) is 3. The van der Waals surface area contributed by atoms with Crippen LogP contribution in [-0.4, -0.2) is 67.7 Å². The Morgan fingerprint density at radius 2 is 2.00 bits per heavy atom. The molecule has 7 nitrogen and oxygen atoms in total. The number of ether oxygens (including phenoxy) is 2. The fraction of sp³-hybridized carbons (Fsp3) is 0.565. The number of aromatic nitrogens is 2. The van der Waals surface area contributed by atoms with Crippen molar-refractivity contribution in [3.8, 4) is 17.1 Å². The highest BCUT2D eigenvalue weighted by molar-refractivity contribution is 5.60. The van der Waals surface area contributed by atoms with Crippen molar-refractivity contribution in [3.05, 3.63) is 36.0 Å². The minimum atomic E-state index is -0.548. The van der Waals surface area contributed by atoms with Crippen molar-refractivity contribution < 1.29 is 14.6 Å². The predicted octanol–water partition coefficient (Wildman–Crippen LogP) is 2.60. The van der Waals surface area contributed by atoms with E-state index in [-0.39, 0.29) is 6.61 Å². The Hall–Kier alpha value is -2.22. The van der Waals surface area contributed by atoms with Crippen molar-refractivity contribution in [2.75, 3.05) is 45.4 Å².